The quantitative estimate of drug-likeness (QED) is 0.729. The molecule has 0 aliphatic carbocycles. The lowest BCUT2D eigenvalue weighted by atomic mass is 9.92. The van der Waals surface area contributed by atoms with E-state index in [4.69, 9.17) is 5.11 Å². The van der Waals surface area contributed by atoms with Gasteiger partial charge in [-0.25, -0.2) is 0 Å². The average molecular weight is 407 g/mol. The Balaban J connectivity index is 0.00000338. The van der Waals surface area contributed by atoms with E-state index < -0.39 is 29.5 Å². The number of nitrogens with one attached hydrogen (secondary N) is 1. The molecule has 150 valence electrons. The Hall–Kier alpha value is -1.03. The van der Waals surface area contributed by atoms with Gasteiger partial charge in [-0.15, -0.1) is 12.4 Å². The van der Waals surface area contributed by atoms with Gasteiger partial charge in [0.2, 0.25) is 0 Å². The van der Waals surface area contributed by atoms with Gasteiger partial charge in [0.15, 0.2) is 0 Å². The van der Waals surface area contributed by atoms with Gasteiger partial charge in [0.1, 0.15) is 0 Å². The van der Waals surface area contributed by atoms with Crippen molar-refractivity contribution in [3.05, 3.63) is 34.9 Å². The van der Waals surface area contributed by atoms with Gasteiger partial charge in [0.05, 0.1) is 11.1 Å². The molecule has 1 aromatic rings. The predicted octanol–water partition coefficient (Wildman–Crippen LogP) is 3.86. The normalized spacial score (nSPS) is 17.7. The molecule has 1 fully saturated rings. The first kappa shape index (κ1) is 23.0. The molecular weight excluding hydrogens is 386 g/mol. The molecule has 1 atom stereocenters. The number of hydrogen-bond acceptors (Lipinski definition) is 3. The number of aliphatic hydroxyl groups is 1. The minimum absolute atomic E-state index is 0. The van der Waals surface area contributed by atoms with Crippen LogP contribution < -0.4 is 5.32 Å². The molecule has 0 saturated carbocycles. The summed E-state index contributed by atoms with van der Waals surface area (Å²) in [6.45, 7) is 1.74. The van der Waals surface area contributed by atoms with Gasteiger partial charge in [0.25, 0.3) is 0 Å². The molecule has 26 heavy (non-hydrogen) atoms. The molecule has 0 bridgehead atoms. The second-order valence-electron chi connectivity index (χ2n) is 5.97. The summed E-state index contributed by atoms with van der Waals surface area (Å²) in [5, 5.41) is 12.1. The average Bonchev–Trinajstić information content (AvgIpc) is 2.54. The van der Waals surface area contributed by atoms with Crippen molar-refractivity contribution in [3.8, 4) is 0 Å². The summed E-state index contributed by atoms with van der Waals surface area (Å²) in [5.74, 6) is 0. The standard InChI is InChI=1S/C16H20F6N2O.ClH/c17-15(18,19)11-3-4-13(16(20,21)22)12(10-11)14(2-1-9-25)24-7-5-23-6-8-24;/h3-4,10,14,23,25H,1-2,5-9H2;1H/t14-;/m0./s1. The van der Waals surface area contributed by atoms with Crippen molar-refractivity contribution >= 4 is 12.4 Å². The minimum Gasteiger partial charge on any atom is -0.396 e. The molecule has 2 N–H and O–H groups in total. The Bertz CT molecular complexity index is 573. The Morgan fingerprint density at radius 2 is 1.65 bits per heavy atom. The van der Waals surface area contributed by atoms with Crippen LogP contribution in [0, 0.1) is 0 Å². The lowest BCUT2D eigenvalue weighted by molar-refractivity contribution is -0.142. The van der Waals surface area contributed by atoms with Crippen LogP contribution in [0.5, 0.6) is 0 Å². The number of benzene rings is 1. The maximum Gasteiger partial charge on any atom is 0.416 e. The van der Waals surface area contributed by atoms with Crippen molar-refractivity contribution in [1.29, 1.82) is 0 Å². The van der Waals surface area contributed by atoms with Gasteiger partial charge in [0, 0.05) is 38.8 Å². The molecule has 3 nitrogen and oxygen atoms in total. The van der Waals surface area contributed by atoms with Gasteiger partial charge < -0.3 is 10.4 Å². The van der Waals surface area contributed by atoms with E-state index >= 15 is 0 Å². The van der Waals surface area contributed by atoms with Crippen molar-refractivity contribution in [2.45, 2.75) is 31.2 Å². The van der Waals surface area contributed by atoms with E-state index in [0.717, 1.165) is 0 Å². The second-order valence-corrected chi connectivity index (χ2v) is 5.97. The van der Waals surface area contributed by atoms with Crippen LogP contribution in [-0.2, 0) is 12.4 Å². The topological polar surface area (TPSA) is 35.5 Å². The Labute approximate surface area is 153 Å². The molecule has 2 rings (SSSR count). The van der Waals surface area contributed by atoms with Gasteiger partial charge in [-0.3, -0.25) is 4.90 Å². The molecule has 1 aromatic carbocycles. The van der Waals surface area contributed by atoms with E-state index in [0.29, 0.717) is 44.4 Å². The molecule has 10 heteroatoms. The number of aliphatic hydroxyl groups excluding tert-OH is 1. The third-order valence-corrected chi connectivity index (χ3v) is 4.27. The third kappa shape index (κ3) is 5.73. The summed E-state index contributed by atoms with van der Waals surface area (Å²) in [6, 6.07) is 0.750. The molecular formula is C16H21ClF6N2O. The SMILES string of the molecule is Cl.OCCC[C@@H](c1cc(C(F)(F)F)ccc1C(F)(F)F)N1CCNCC1. The van der Waals surface area contributed by atoms with E-state index in [1.165, 1.54) is 0 Å². The highest BCUT2D eigenvalue weighted by Gasteiger charge is 2.39. The molecule has 0 spiro atoms. The molecule has 0 unspecified atom stereocenters. The van der Waals surface area contributed by atoms with Crippen LogP contribution >= 0.6 is 12.4 Å². The first-order valence-electron chi connectivity index (χ1n) is 7.98. The third-order valence-electron chi connectivity index (χ3n) is 4.27. The molecule has 1 aliphatic heterocycles. The van der Waals surface area contributed by atoms with E-state index in [-0.39, 0.29) is 37.4 Å². The van der Waals surface area contributed by atoms with Crippen LogP contribution in [0.2, 0.25) is 0 Å². The highest BCUT2D eigenvalue weighted by Crippen LogP contribution is 2.41. The fourth-order valence-electron chi connectivity index (χ4n) is 3.09. The number of halogens is 7. The Kier molecular flexibility index (Phi) is 8.19. The highest BCUT2D eigenvalue weighted by atomic mass is 35.5. The van der Waals surface area contributed by atoms with Crippen LogP contribution in [0.15, 0.2) is 18.2 Å². The van der Waals surface area contributed by atoms with Gasteiger partial charge in [-0.2, -0.15) is 26.3 Å². The highest BCUT2D eigenvalue weighted by molar-refractivity contribution is 5.85. The number of rotatable bonds is 5. The van der Waals surface area contributed by atoms with Crippen molar-refractivity contribution in [2.75, 3.05) is 32.8 Å². The zero-order valence-electron chi connectivity index (χ0n) is 13.8. The van der Waals surface area contributed by atoms with E-state index in [2.05, 4.69) is 5.32 Å². The molecule has 0 aromatic heterocycles. The number of alkyl halides is 6. The molecule has 1 heterocycles. The van der Waals surface area contributed by atoms with Gasteiger partial charge in [-0.1, -0.05) is 0 Å². The summed E-state index contributed by atoms with van der Waals surface area (Å²) in [4.78, 5) is 1.75. The zero-order chi connectivity index (χ0) is 18.7. The van der Waals surface area contributed by atoms with E-state index in [1.54, 1.807) is 4.90 Å². The van der Waals surface area contributed by atoms with Crippen LogP contribution in [0.25, 0.3) is 0 Å². The summed E-state index contributed by atoms with van der Waals surface area (Å²) < 4.78 is 79.1. The number of hydrogen-bond donors (Lipinski definition) is 2. The molecule has 1 aliphatic rings. The van der Waals surface area contributed by atoms with E-state index in [9.17, 15) is 26.3 Å². The smallest absolute Gasteiger partial charge is 0.396 e. The largest absolute Gasteiger partial charge is 0.416 e. The fraction of sp³-hybridized carbons (Fsp3) is 0.625. The maximum atomic E-state index is 13.4. The summed E-state index contributed by atoms with van der Waals surface area (Å²) in [6.07, 6.45) is -9.10. The van der Waals surface area contributed by atoms with Crippen molar-refractivity contribution in [1.82, 2.24) is 10.2 Å². The van der Waals surface area contributed by atoms with Crippen LogP contribution in [0.4, 0.5) is 26.3 Å². The minimum atomic E-state index is -4.75. The van der Waals surface area contributed by atoms with Crippen LogP contribution in [0.1, 0.15) is 35.6 Å². The fourth-order valence-corrected chi connectivity index (χ4v) is 3.09. The Morgan fingerprint density at radius 1 is 1.04 bits per heavy atom. The van der Waals surface area contributed by atoms with Crippen molar-refractivity contribution in [3.63, 3.8) is 0 Å². The first-order valence-corrected chi connectivity index (χ1v) is 7.98. The number of nitrogens with zero attached hydrogens (tertiary/aromatic N) is 1. The molecule has 0 amide bonds. The van der Waals surface area contributed by atoms with Gasteiger partial charge in [-0.05, 0) is 36.6 Å². The summed E-state index contributed by atoms with van der Waals surface area (Å²) in [7, 11) is 0. The van der Waals surface area contributed by atoms with Crippen LogP contribution in [-0.4, -0.2) is 42.8 Å². The first-order chi connectivity index (χ1) is 11.6. The monoisotopic (exact) mass is 406 g/mol. The molecule has 1 saturated heterocycles. The maximum absolute atomic E-state index is 13.4. The van der Waals surface area contributed by atoms with Crippen molar-refractivity contribution < 1.29 is 31.4 Å². The molecule has 0 radical (unpaired) electrons. The number of piperazine rings is 1. The zero-order valence-corrected chi connectivity index (χ0v) is 14.6. The van der Waals surface area contributed by atoms with Crippen molar-refractivity contribution in [2.24, 2.45) is 0 Å². The summed E-state index contributed by atoms with van der Waals surface area (Å²) >= 11 is 0. The lowest BCUT2D eigenvalue weighted by Gasteiger charge is -2.36. The second kappa shape index (κ2) is 9.25. The van der Waals surface area contributed by atoms with Gasteiger partial charge >= 0.3 is 12.4 Å². The lowest BCUT2D eigenvalue weighted by Crippen LogP contribution is -2.45. The predicted molar refractivity (Wildman–Crippen MR) is 87.2 cm³/mol. The van der Waals surface area contributed by atoms with Crippen LogP contribution in [0.3, 0.4) is 0 Å². The summed E-state index contributed by atoms with van der Waals surface area (Å²) in [5.41, 5.74) is -2.53. The van der Waals surface area contributed by atoms with E-state index in [1.807, 2.05) is 0 Å². The Morgan fingerprint density at radius 3 is 2.15 bits per heavy atom.